The summed E-state index contributed by atoms with van der Waals surface area (Å²) in [4.78, 5) is 12.7. The number of nitrogens with one attached hydrogen (secondary N) is 1. The molecule has 0 radical (unpaired) electrons. The minimum atomic E-state index is -0.618. The Hall–Kier alpha value is -2.21. The van der Waals surface area contributed by atoms with Gasteiger partial charge in [0.05, 0.1) is 25.5 Å². The van der Waals surface area contributed by atoms with E-state index in [1.807, 2.05) is 0 Å². The van der Waals surface area contributed by atoms with Crippen LogP contribution in [0.2, 0.25) is 0 Å². The van der Waals surface area contributed by atoms with Crippen LogP contribution in [-0.4, -0.2) is 20.1 Å². The number of carbonyl (C=O) groups excluding carboxylic acids is 1. The van der Waals surface area contributed by atoms with Gasteiger partial charge in [0.1, 0.15) is 17.3 Å². The largest absolute Gasteiger partial charge is 0.497 e. The molecule has 0 bridgehead atoms. The van der Waals surface area contributed by atoms with Crippen LogP contribution in [0, 0.1) is 5.82 Å². The minimum absolute atomic E-state index is 0.0904. The number of methoxy groups -OCH3 is 2. The highest BCUT2D eigenvalue weighted by Crippen LogP contribution is 2.29. The van der Waals surface area contributed by atoms with E-state index in [1.165, 1.54) is 32.4 Å². The third-order valence-corrected chi connectivity index (χ3v) is 3.13. The molecular weight excluding hydrogens is 293 g/mol. The van der Waals surface area contributed by atoms with Gasteiger partial charge in [-0.1, -0.05) is 0 Å². The summed E-state index contributed by atoms with van der Waals surface area (Å²) in [5.41, 5.74) is 0.304. The van der Waals surface area contributed by atoms with E-state index in [-0.39, 0.29) is 5.56 Å². The molecular formula is C15H14FNO3S. The SMILES string of the molecule is COc1ccc(OC)c(NC(=O)c2cc(S)ccc2F)c1. The average Bonchev–Trinajstić information content (AvgIpc) is 2.49. The first-order valence-electron chi connectivity index (χ1n) is 6.07. The molecule has 0 unspecified atom stereocenters. The number of hydrogen-bond donors (Lipinski definition) is 2. The highest BCUT2D eigenvalue weighted by atomic mass is 32.1. The van der Waals surface area contributed by atoms with E-state index in [2.05, 4.69) is 17.9 Å². The van der Waals surface area contributed by atoms with Crippen molar-refractivity contribution >= 4 is 24.2 Å². The van der Waals surface area contributed by atoms with Crippen molar-refractivity contribution in [1.82, 2.24) is 0 Å². The number of carbonyl (C=O) groups is 1. The summed E-state index contributed by atoms with van der Waals surface area (Å²) in [5, 5.41) is 2.60. The smallest absolute Gasteiger partial charge is 0.258 e. The third kappa shape index (κ3) is 3.46. The number of rotatable bonds is 4. The summed E-state index contributed by atoms with van der Waals surface area (Å²) in [5.74, 6) is -0.205. The molecule has 2 aromatic carbocycles. The highest BCUT2D eigenvalue weighted by molar-refractivity contribution is 7.80. The van der Waals surface area contributed by atoms with Crippen molar-refractivity contribution in [3.05, 3.63) is 47.8 Å². The predicted molar refractivity (Wildman–Crippen MR) is 81.2 cm³/mol. The molecule has 2 aromatic rings. The van der Waals surface area contributed by atoms with Crippen molar-refractivity contribution in [1.29, 1.82) is 0 Å². The normalized spacial score (nSPS) is 10.1. The lowest BCUT2D eigenvalue weighted by Gasteiger charge is -2.12. The summed E-state index contributed by atoms with van der Waals surface area (Å²) in [6, 6.07) is 8.98. The number of amides is 1. The number of anilines is 1. The van der Waals surface area contributed by atoms with Crippen LogP contribution in [-0.2, 0) is 0 Å². The van der Waals surface area contributed by atoms with Gasteiger partial charge in [-0.15, -0.1) is 12.6 Å². The van der Waals surface area contributed by atoms with Gasteiger partial charge in [-0.2, -0.15) is 0 Å². The standard InChI is InChI=1S/C15H14FNO3S/c1-19-9-3-6-14(20-2)13(7-9)17-15(18)11-8-10(21)4-5-12(11)16/h3-8,21H,1-2H3,(H,17,18). The molecule has 0 aliphatic heterocycles. The summed E-state index contributed by atoms with van der Waals surface area (Å²) >= 11 is 4.10. The van der Waals surface area contributed by atoms with E-state index in [0.717, 1.165) is 0 Å². The molecule has 110 valence electrons. The highest BCUT2D eigenvalue weighted by Gasteiger charge is 2.15. The fraction of sp³-hybridized carbons (Fsp3) is 0.133. The quantitative estimate of drug-likeness (QED) is 0.851. The van der Waals surface area contributed by atoms with Crippen LogP contribution in [0.15, 0.2) is 41.3 Å². The van der Waals surface area contributed by atoms with E-state index < -0.39 is 11.7 Å². The van der Waals surface area contributed by atoms with Gasteiger partial charge in [-0.3, -0.25) is 4.79 Å². The Morgan fingerprint density at radius 3 is 2.57 bits per heavy atom. The molecule has 0 aromatic heterocycles. The molecule has 0 spiro atoms. The lowest BCUT2D eigenvalue weighted by Crippen LogP contribution is -2.14. The summed E-state index contributed by atoms with van der Waals surface area (Å²) in [7, 11) is 2.99. The lowest BCUT2D eigenvalue weighted by atomic mass is 10.2. The molecule has 0 aliphatic rings. The summed E-state index contributed by atoms with van der Waals surface area (Å²) < 4.78 is 23.9. The Bertz CT molecular complexity index is 676. The average molecular weight is 307 g/mol. The molecule has 2 rings (SSSR count). The Morgan fingerprint density at radius 2 is 1.90 bits per heavy atom. The van der Waals surface area contributed by atoms with Gasteiger partial charge in [0, 0.05) is 11.0 Å². The van der Waals surface area contributed by atoms with Gasteiger partial charge in [-0.25, -0.2) is 4.39 Å². The summed E-state index contributed by atoms with van der Waals surface area (Å²) in [6.45, 7) is 0. The van der Waals surface area contributed by atoms with Crippen LogP contribution in [0.5, 0.6) is 11.5 Å². The van der Waals surface area contributed by atoms with Gasteiger partial charge < -0.3 is 14.8 Å². The van der Waals surface area contributed by atoms with Crippen LogP contribution in [0.3, 0.4) is 0 Å². The van der Waals surface area contributed by atoms with Gasteiger partial charge in [-0.05, 0) is 30.3 Å². The second-order valence-corrected chi connectivity index (χ2v) is 4.70. The zero-order valence-electron chi connectivity index (χ0n) is 11.5. The number of thiol groups is 1. The molecule has 0 atom stereocenters. The molecule has 21 heavy (non-hydrogen) atoms. The maximum atomic E-state index is 13.7. The fourth-order valence-electron chi connectivity index (χ4n) is 1.79. The predicted octanol–water partition coefficient (Wildman–Crippen LogP) is 3.38. The van der Waals surface area contributed by atoms with Crippen molar-refractivity contribution in [3.8, 4) is 11.5 Å². The maximum absolute atomic E-state index is 13.7. The Labute approximate surface area is 127 Å². The number of halogens is 1. The number of benzene rings is 2. The van der Waals surface area contributed by atoms with E-state index in [9.17, 15) is 9.18 Å². The van der Waals surface area contributed by atoms with Crippen LogP contribution in [0.25, 0.3) is 0 Å². The molecule has 4 nitrogen and oxygen atoms in total. The molecule has 0 saturated carbocycles. The van der Waals surface area contributed by atoms with Crippen LogP contribution < -0.4 is 14.8 Å². The molecule has 0 saturated heterocycles. The molecule has 1 amide bonds. The zero-order valence-corrected chi connectivity index (χ0v) is 12.4. The molecule has 6 heteroatoms. The van der Waals surface area contributed by atoms with Gasteiger partial charge in [0.25, 0.3) is 5.91 Å². The molecule has 0 heterocycles. The van der Waals surface area contributed by atoms with E-state index >= 15 is 0 Å². The van der Waals surface area contributed by atoms with Crippen molar-refractivity contribution in [2.75, 3.05) is 19.5 Å². The van der Waals surface area contributed by atoms with E-state index in [0.29, 0.717) is 22.1 Å². The second-order valence-electron chi connectivity index (χ2n) is 4.18. The Balaban J connectivity index is 2.32. The second kappa shape index (κ2) is 6.49. The van der Waals surface area contributed by atoms with Crippen molar-refractivity contribution in [2.45, 2.75) is 4.90 Å². The number of hydrogen-bond acceptors (Lipinski definition) is 4. The maximum Gasteiger partial charge on any atom is 0.258 e. The number of ether oxygens (including phenoxy) is 2. The summed E-state index contributed by atoms with van der Waals surface area (Å²) in [6.07, 6.45) is 0. The van der Waals surface area contributed by atoms with Crippen LogP contribution in [0.1, 0.15) is 10.4 Å². The molecule has 1 N–H and O–H groups in total. The van der Waals surface area contributed by atoms with Gasteiger partial charge >= 0.3 is 0 Å². The van der Waals surface area contributed by atoms with Gasteiger partial charge in [0.15, 0.2) is 0 Å². The van der Waals surface area contributed by atoms with Crippen molar-refractivity contribution < 1.29 is 18.7 Å². The third-order valence-electron chi connectivity index (χ3n) is 2.85. The van der Waals surface area contributed by atoms with E-state index in [1.54, 1.807) is 18.2 Å². The zero-order chi connectivity index (χ0) is 15.4. The van der Waals surface area contributed by atoms with E-state index in [4.69, 9.17) is 9.47 Å². The topological polar surface area (TPSA) is 47.6 Å². The fourth-order valence-corrected chi connectivity index (χ4v) is 1.99. The first-order valence-corrected chi connectivity index (χ1v) is 6.51. The van der Waals surface area contributed by atoms with Crippen LogP contribution in [0.4, 0.5) is 10.1 Å². The Kier molecular flexibility index (Phi) is 4.70. The van der Waals surface area contributed by atoms with Crippen LogP contribution >= 0.6 is 12.6 Å². The minimum Gasteiger partial charge on any atom is -0.497 e. The lowest BCUT2D eigenvalue weighted by molar-refractivity contribution is 0.102. The van der Waals surface area contributed by atoms with Gasteiger partial charge in [0.2, 0.25) is 0 Å². The molecule has 0 aliphatic carbocycles. The first kappa shape index (κ1) is 15.2. The monoisotopic (exact) mass is 307 g/mol. The molecule has 0 fully saturated rings. The van der Waals surface area contributed by atoms with Crippen molar-refractivity contribution in [2.24, 2.45) is 0 Å². The van der Waals surface area contributed by atoms with Crippen molar-refractivity contribution in [3.63, 3.8) is 0 Å². The first-order chi connectivity index (χ1) is 10.0. The Morgan fingerprint density at radius 1 is 1.14 bits per heavy atom.